The normalized spacial score (nSPS) is 17.6. The Hall–Kier alpha value is -3.33. The van der Waals surface area contributed by atoms with Crippen LogP contribution in [0.4, 0.5) is 14.6 Å². The van der Waals surface area contributed by atoms with E-state index in [1.54, 1.807) is 18.4 Å². The van der Waals surface area contributed by atoms with Gasteiger partial charge in [-0.1, -0.05) is 36.4 Å². The molecule has 1 amide bonds. The van der Waals surface area contributed by atoms with Crippen molar-refractivity contribution in [1.29, 1.82) is 0 Å². The van der Waals surface area contributed by atoms with E-state index >= 15 is 0 Å². The molecule has 1 fully saturated rings. The third-order valence-corrected chi connectivity index (χ3v) is 7.16. The van der Waals surface area contributed by atoms with Gasteiger partial charge in [-0.3, -0.25) is 9.00 Å². The maximum absolute atomic E-state index is 13.4. The largest absolute Gasteiger partial charge is 0.586 e. The Bertz CT molecular complexity index is 1320. The van der Waals surface area contributed by atoms with Crippen molar-refractivity contribution in [3.05, 3.63) is 71.3 Å². The number of hydrogen-bond donors (Lipinski definition) is 1. The number of benzene rings is 2. The second-order valence-electron chi connectivity index (χ2n) is 8.95. The topological polar surface area (TPSA) is 77.5 Å². The molecule has 5 rings (SSSR count). The summed E-state index contributed by atoms with van der Waals surface area (Å²) in [5, 5.41) is 2.90. The van der Waals surface area contributed by atoms with Crippen LogP contribution >= 0.6 is 0 Å². The smallest absolute Gasteiger partial charge is 0.395 e. The second kappa shape index (κ2) is 8.71. The van der Waals surface area contributed by atoms with Crippen LogP contribution in [0.3, 0.4) is 0 Å². The lowest BCUT2D eigenvalue weighted by Gasteiger charge is -2.17. The van der Waals surface area contributed by atoms with Gasteiger partial charge >= 0.3 is 6.29 Å². The van der Waals surface area contributed by atoms with Gasteiger partial charge in [0.25, 0.3) is 0 Å². The SMILES string of the molecule is Cc1ccc(NC(=O)C2(c3ccc4c(c3)OC(F)(F)O4)CC2)nc1-c1ccc(CCS(C)=O)cc1. The lowest BCUT2D eigenvalue weighted by atomic mass is 9.94. The number of rotatable bonds is 7. The van der Waals surface area contributed by atoms with Crippen molar-refractivity contribution in [1.82, 2.24) is 4.98 Å². The number of carbonyl (C=O) groups is 1. The van der Waals surface area contributed by atoms with Gasteiger partial charge < -0.3 is 14.8 Å². The van der Waals surface area contributed by atoms with Crippen LogP contribution in [0.15, 0.2) is 54.6 Å². The Morgan fingerprint density at radius 2 is 1.77 bits per heavy atom. The number of pyridine rings is 1. The highest BCUT2D eigenvalue weighted by atomic mass is 32.2. The third kappa shape index (κ3) is 4.77. The quantitative estimate of drug-likeness (QED) is 0.498. The number of nitrogens with one attached hydrogen (secondary N) is 1. The van der Waals surface area contributed by atoms with E-state index in [2.05, 4.69) is 19.8 Å². The van der Waals surface area contributed by atoms with E-state index < -0.39 is 22.5 Å². The van der Waals surface area contributed by atoms with Crippen molar-refractivity contribution < 1.29 is 27.3 Å². The van der Waals surface area contributed by atoms with Gasteiger partial charge in [0.05, 0.1) is 11.1 Å². The summed E-state index contributed by atoms with van der Waals surface area (Å²) in [5.41, 5.74) is 3.52. The zero-order valence-electron chi connectivity index (χ0n) is 19.3. The standard InChI is InChI=1S/C26H24F2N2O4S/c1-16-3-10-22(29-23(16)18-6-4-17(5-7-18)11-14-35(2)32)30-24(31)25(12-13-25)19-8-9-20-21(15-19)34-26(27,28)33-20/h3-10,15H,11-14H2,1-2H3,(H,29,30,31). The molecule has 0 saturated heterocycles. The Morgan fingerprint density at radius 1 is 1.06 bits per heavy atom. The van der Waals surface area contributed by atoms with Crippen LogP contribution in [-0.4, -0.2) is 33.4 Å². The molecule has 0 bridgehead atoms. The van der Waals surface area contributed by atoms with Gasteiger partial charge in [-0.05, 0) is 61.1 Å². The van der Waals surface area contributed by atoms with E-state index in [1.807, 2.05) is 37.3 Å². The number of amides is 1. The number of halogens is 2. The molecule has 182 valence electrons. The van der Waals surface area contributed by atoms with E-state index in [0.717, 1.165) is 28.8 Å². The minimum atomic E-state index is -3.70. The summed E-state index contributed by atoms with van der Waals surface area (Å²) in [6.07, 6.45) is -0.0754. The fraction of sp³-hybridized carbons (Fsp3) is 0.308. The number of alkyl halides is 2. The molecule has 9 heteroatoms. The number of aryl methyl sites for hydroxylation is 2. The number of carbonyl (C=O) groups excluding carboxylic acids is 1. The summed E-state index contributed by atoms with van der Waals surface area (Å²) in [4.78, 5) is 17.9. The summed E-state index contributed by atoms with van der Waals surface area (Å²) in [5.74, 6) is 0.670. The molecule has 35 heavy (non-hydrogen) atoms. The van der Waals surface area contributed by atoms with Crippen molar-refractivity contribution >= 4 is 22.5 Å². The summed E-state index contributed by atoms with van der Waals surface area (Å²) in [6.45, 7) is 1.95. The van der Waals surface area contributed by atoms with Crippen molar-refractivity contribution in [2.24, 2.45) is 0 Å². The molecular formula is C26H24F2N2O4S. The molecule has 1 unspecified atom stereocenters. The van der Waals surface area contributed by atoms with E-state index in [9.17, 15) is 17.8 Å². The minimum absolute atomic E-state index is 0.0474. The van der Waals surface area contributed by atoms with Gasteiger partial charge in [-0.15, -0.1) is 8.78 Å². The third-order valence-electron chi connectivity index (χ3n) is 6.38. The molecule has 1 aliphatic carbocycles. The highest BCUT2D eigenvalue weighted by Gasteiger charge is 2.53. The number of fused-ring (bicyclic) bond motifs is 1. The highest BCUT2D eigenvalue weighted by molar-refractivity contribution is 7.84. The first-order valence-corrected chi connectivity index (χ1v) is 13.0. The molecule has 6 nitrogen and oxygen atoms in total. The second-order valence-corrected chi connectivity index (χ2v) is 10.5. The molecule has 1 N–H and O–H groups in total. The van der Waals surface area contributed by atoms with Crippen molar-refractivity contribution in [2.45, 2.75) is 37.9 Å². The Labute approximate surface area is 204 Å². The lowest BCUT2D eigenvalue weighted by molar-refractivity contribution is -0.286. The van der Waals surface area contributed by atoms with E-state index in [-0.39, 0.29) is 17.4 Å². The molecule has 1 saturated carbocycles. The van der Waals surface area contributed by atoms with Crippen LogP contribution in [0.2, 0.25) is 0 Å². The molecular weight excluding hydrogens is 474 g/mol. The van der Waals surface area contributed by atoms with Gasteiger partial charge in [0.2, 0.25) is 5.91 Å². The van der Waals surface area contributed by atoms with Crippen LogP contribution < -0.4 is 14.8 Å². The first kappa shape index (κ1) is 23.4. The number of hydrogen-bond acceptors (Lipinski definition) is 5. The predicted octanol–water partition coefficient (Wildman–Crippen LogP) is 4.97. The van der Waals surface area contributed by atoms with Crippen molar-refractivity contribution in [3.63, 3.8) is 0 Å². The van der Waals surface area contributed by atoms with E-state index in [1.165, 1.54) is 12.1 Å². The average molecular weight is 499 g/mol. The summed E-state index contributed by atoms with van der Waals surface area (Å²) >= 11 is 0. The zero-order chi connectivity index (χ0) is 24.8. The van der Waals surface area contributed by atoms with Crippen LogP contribution in [0, 0.1) is 6.92 Å². The molecule has 2 aliphatic rings. The van der Waals surface area contributed by atoms with Crippen LogP contribution in [-0.2, 0) is 27.4 Å². The first-order valence-electron chi connectivity index (χ1n) is 11.2. The maximum Gasteiger partial charge on any atom is 0.586 e. The molecule has 2 aromatic carbocycles. The van der Waals surface area contributed by atoms with Gasteiger partial charge in [0.15, 0.2) is 11.5 Å². The van der Waals surface area contributed by atoms with Crippen molar-refractivity contribution in [2.75, 3.05) is 17.3 Å². The first-order chi connectivity index (χ1) is 16.6. The highest BCUT2D eigenvalue weighted by Crippen LogP contribution is 2.52. The summed E-state index contributed by atoms with van der Waals surface area (Å²) in [7, 11) is -0.839. The van der Waals surface area contributed by atoms with Gasteiger partial charge in [-0.2, -0.15) is 0 Å². The van der Waals surface area contributed by atoms with Crippen LogP contribution in [0.5, 0.6) is 11.5 Å². The minimum Gasteiger partial charge on any atom is -0.395 e. The number of nitrogens with zero attached hydrogens (tertiary/aromatic N) is 1. The number of anilines is 1. The lowest BCUT2D eigenvalue weighted by Crippen LogP contribution is -2.28. The Balaban J connectivity index is 1.34. The summed E-state index contributed by atoms with van der Waals surface area (Å²) < 4.78 is 47.1. The predicted molar refractivity (Wildman–Crippen MR) is 129 cm³/mol. The molecule has 2 heterocycles. The number of ether oxygens (including phenoxy) is 2. The maximum atomic E-state index is 13.4. The molecule has 0 radical (unpaired) electrons. The van der Waals surface area contributed by atoms with E-state index in [0.29, 0.717) is 30.0 Å². The van der Waals surface area contributed by atoms with Gasteiger partial charge in [-0.25, -0.2) is 4.98 Å². The molecule has 1 aliphatic heterocycles. The molecule has 3 aromatic rings. The van der Waals surface area contributed by atoms with Crippen LogP contribution in [0.1, 0.15) is 29.5 Å². The van der Waals surface area contributed by atoms with Gasteiger partial charge in [0.1, 0.15) is 5.82 Å². The van der Waals surface area contributed by atoms with Gasteiger partial charge in [0, 0.05) is 28.4 Å². The fourth-order valence-electron chi connectivity index (χ4n) is 4.24. The molecule has 1 aromatic heterocycles. The molecule has 1 atom stereocenters. The Kier molecular flexibility index (Phi) is 5.83. The monoisotopic (exact) mass is 498 g/mol. The van der Waals surface area contributed by atoms with Crippen molar-refractivity contribution in [3.8, 4) is 22.8 Å². The van der Waals surface area contributed by atoms with E-state index in [4.69, 9.17) is 0 Å². The summed E-state index contributed by atoms with van der Waals surface area (Å²) in [6, 6.07) is 16.1. The number of aromatic nitrogens is 1. The fourth-order valence-corrected chi connectivity index (χ4v) is 4.76. The zero-order valence-corrected chi connectivity index (χ0v) is 20.1. The van der Waals surface area contributed by atoms with Crippen LogP contribution in [0.25, 0.3) is 11.3 Å². The average Bonchev–Trinajstić information content (AvgIpc) is 3.56. The Morgan fingerprint density at radius 3 is 2.46 bits per heavy atom. The molecule has 0 spiro atoms.